The van der Waals surface area contributed by atoms with Crippen LogP contribution < -0.4 is 5.73 Å². The predicted molar refractivity (Wildman–Crippen MR) is 105 cm³/mol. The lowest BCUT2D eigenvalue weighted by atomic mass is 9.83. The van der Waals surface area contributed by atoms with Crippen LogP contribution in [0, 0.1) is 6.92 Å². The molecule has 0 radical (unpaired) electrons. The van der Waals surface area contributed by atoms with Crippen molar-refractivity contribution < 1.29 is 4.74 Å². The number of nitrogens with zero attached hydrogens (tertiary/aromatic N) is 6. The minimum Gasteiger partial charge on any atom is -0.377 e. The van der Waals surface area contributed by atoms with Gasteiger partial charge in [0.15, 0.2) is 5.82 Å². The van der Waals surface area contributed by atoms with E-state index in [-0.39, 0.29) is 18.1 Å². The van der Waals surface area contributed by atoms with E-state index in [0.717, 1.165) is 55.1 Å². The van der Waals surface area contributed by atoms with Gasteiger partial charge in [0.05, 0.1) is 30.3 Å². The van der Waals surface area contributed by atoms with E-state index < -0.39 is 0 Å². The van der Waals surface area contributed by atoms with Crippen LogP contribution in [0.5, 0.6) is 0 Å². The minimum atomic E-state index is 0.0526. The zero-order valence-corrected chi connectivity index (χ0v) is 16.7. The second kappa shape index (κ2) is 7.84. The van der Waals surface area contributed by atoms with Crippen molar-refractivity contribution in [3.8, 4) is 17.1 Å². The molecule has 28 heavy (non-hydrogen) atoms. The maximum absolute atomic E-state index is 6.32. The van der Waals surface area contributed by atoms with Gasteiger partial charge in [-0.3, -0.25) is 9.78 Å². The summed E-state index contributed by atoms with van der Waals surface area (Å²) < 4.78 is 9.71. The molecule has 9 nitrogen and oxygen atoms in total. The Kier molecular flexibility index (Phi) is 5.27. The molecule has 1 fully saturated rings. The molecule has 1 saturated carbocycles. The van der Waals surface area contributed by atoms with E-state index in [1.54, 1.807) is 10.9 Å². The van der Waals surface area contributed by atoms with Crippen molar-refractivity contribution in [1.82, 2.24) is 34.7 Å². The summed E-state index contributed by atoms with van der Waals surface area (Å²) in [5.41, 5.74) is 9.08. The standard InChI is InChI=1S/C19H28N8O/c1-4-7-28-17-8-13(5-6-16(17)20)19-23-18(15-10-21-24-12(15)2)25-27(19)14-9-22-26(3)11-14/h9-11,13,16-17H,4-8,20H2,1-3H3,(H,21,24)/t13-,16-,17-/m0/s1. The molecular weight excluding hydrogens is 356 g/mol. The lowest BCUT2D eigenvalue weighted by Gasteiger charge is -2.33. The fourth-order valence-corrected chi connectivity index (χ4v) is 3.83. The molecule has 0 aliphatic heterocycles. The summed E-state index contributed by atoms with van der Waals surface area (Å²) >= 11 is 0. The summed E-state index contributed by atoms with van der Waals surface area (Å²) in [5, 5.41) is 16.2. The van der Waals surface area contributed by atoms with Gasteiger partial charge in [-0.05, 0) is 32.6 Å². The van der Waals surface area contributed by atoms with E-state index >= 15 is 0 Å². The highest BCUT2D eigenvalue weighted by Gasteiger charge is 2.33. The number of nitrogens with two attached hydrogens (primary N) is 1. The van der Waals surface area contributed by atoms with Crippen LogP contribution in [0.2, 0.25) is 0 Å². The van der Waals surface area contributed by atoms with Gasteiger partial charge >= 0.3 is 0 Å². The zero-order valence-electron chi connectivity index (χ0n) is 16.7. The van der Waals surface area contributed by atoms with E-state index in [1.807, 2.05) is 31.0 Å². The lowest BCUT2D eigenvalue weighted by molar-refractivity contribution is 0.00884. The molecule has 4 rings (SSSR count). The van der Waals surface area contributed by atoms with E-state index in [0.29, 0.717) is 5.82 Å². The zero-order chi connectivity index (χ0) is 19.7. The third-order valence-electron chi connectivity index (χ3n) is 5.38. The molecular formula is C19H28N8O. The molecule has 0 unspecified atom stereocenters. The highest BCUT2D eigenvalue weighted by atomic mass is 16.5. The average molecular weight is 384 g/mol. The number of hydrogen-bond acceptors (Lipinski definition) is 6. The molecule has 3 heterocycles. The SMILES string of the molecule is CCCO[C@H]1C[C@@H](c2nc(-c3cn[nH]c3C)nn2-c2cnn(C)c2)CC[C@@H]1N. The van der Waals surface area contributed by atoms with E-state index in [4.69, 9.17) is 20.6 Å². The van der Waals surface area contributed by atoms with Gasteiger partial charge in [0.1, 0.15) is 11.5 Å². The number of ether oxygens (including phenoxy) is 1. The van der Waals surface area contributed by atoms with Crippen LogP contribution >= 0.6 is 0 Å². The van der Waals surface area contributed by atoms with Crippen LogP contribution in [0.3, 0.4) is 0 Å². The van der Waals surface area contributed by atoms with E-state index in [1.165, 1.54) is 0 Å². The second-order valence-electron chi connectivity index (χ2n) is 7.57. The van der Waals surface area contributed by atoms with Crippen LogP contribution in [0.4, 0.5) is 0 Å². The van der Waals surface area contributed by atoms with Crippen molar-refractivity contribution in [3.63, 3.8) is 0 Å². The number of H-pyrrole nitrogens is 1. The van der Waals surface area contributed by atoms with E-state index in [2.05, 4.69) is 22.2 Å². The van der Waals surface area contributed by atoms with Crippen molar-refractivity contribution in [2.75, 3.05) is 6.61 Å². The first kappa shape index (κ1) is 18.8. The van der Waals surface area contributed by atoms with Gasteiger partial charge in [-0.1, -0.05) is 6.92 Å². The predicted octanol–water partition coefficient (Wildman–Crippen LogP) is 2.09. The third-order valence-corrected chi connectivity index (χ3v) is 5.38. The van der Waals surface area contributed by atoms with E-state index in [9.17, 15) is 0 Å². The number of aromatic amines is 1. The molecule has 0 aromatic carbocycles. The first-order valence-corrected chi connectivity index (χ1v) is 9.90. The van der Waals surface area contributed by atoms with Gasteiger partial charge in [-0.15, -0.1) is 5.10 Å². The molecule has 1 aliphatic rings. The highest BCUT2D eigenvalue weighted by molar-refractivity contribution is 5.56. The fraction of sp³-hybridized carbons (Fsp3) is 0.579. The molecule has 0 bridgehead atoms. The molecule has 0 saturated heterocycles. The number of aromatic nitrogens is 7. The van der Waals surface area contributed by atoms with Gasteiger partial charge in [0, 0.05) is 31.3 Å². The number of aryl methyl sites for hydroxylation is 2. The largest absolute Gasteiger partial charge is 0.377 e. The number of hydrogen-bond donors (Lipinski definition) is 2. The highest BCUT2D eigenvalue weighted by Crippen LogP contribution is 2.35. The molecule has 150 valence electrons. The smallest absolute Gasteiger partial charge is 0.185 e. The van der Waals surface area contributed by atoms with Crippen molar-refractivity contribution in [1.29, 1.82) is 0 Å². The Morgan fingerprint density at radius 2 is 2.18 bits per heavy atom. The first-order chi connectivity index (χ1) is 13.6. The maximum Gasteiger partial charge on any atom is 0.185 e. The normalized spacial score (nSPS) is 22.6. The number of nitrogens with one attached hydrogen (secondary N) is 1. The second-order valence-corrected chi connectivity index (χ2v) is 7.57. The average Bonchev–Trinajstić information content (AvgIpc) is 3.40. The van der Waals surface area contributed by atoms with Crippen LogP contribution in [0.1, 0.15) is 50.0 Å². The Bertz CT molecular complexity index is 926. The molecule has 9 heteroatoms. The van der Waals surface area contributed by atoms with Gasteiger partial charge < -0.3 is 10.5 Å². The van der Waals surface area contributed by atoms with Gasteiger partial charge in [-0.2, -0.15) is 10.2 Å². The van der Waals surface area contributed by atoms with Gasteiger partial charge in [-0.25, -0.2) is 9.67 Å². The maximum atomic E-state index is 6.32. The Morgan fingerprint density at radius 1 is 1.32 bits per heavy atom. The topological polar surface area (TPSA) is 112 Å². The monoisotopic (exact) mass is 384 g/mol. The molecule has 1 aliphatic carbocycles. The van der Waals surface area contributed by atoms with Crippen molar-refractivity contribution >= 4 is 0 Å². The van der Waals surface area contributed by atoms with Crippen LogP contribution in [0.15, 0.2) is 18.6 Å². The van der Waals surface area contributed by atoms with Crippen LogP contribution in [-0.4, -0.2) is 53.5 Å². The van der Waals surface area contributed by atoms with Crippen molar-refractivity contribution in [2.24, 2.45) is 12.8 Å². The molecule has 3 atom stereocenters. The molecule has 3 aromatic heterocycles. The van der Waals surface area contributed by atoms with Crippen molar-refractivity contribution in [3.05, 3.63) is 30.1 Å². The fourth-order valence-electron chi connectivity index (χ4n) is 3.83. The number of rotatable bonds is 6. The minimum absolute atomic E-state index is 0.0526. The van der Waals surface area contributed by atoms with Crippen molar-refractivity contribution in [2.45, 2.75) is 57.6 Å². The summed E-state index contributed by atoms with van der Waals surface area (Å²) in [6.45, 7) is 4.82. The van der Waals surface area contributed by atoms with Gasteiger partial charge in [0.25, 0.3) is 0 Å². The summed E-state index contributed by atoms with van der Waals surface area (Å²) in [5.74, 6) is 1.84. The lowest BCUT2D eigenvalue weighted by Crippen LogP contribution is -2.42. The molecule has 3 N–H and O–H groups in total. The molecule has 3 aromatic rings. The Balaban J connectivity index is 1.70. The summed E-state index contributed by atoms with van der Waals surface area (Å²) in [4.78, 5) is 4.92. The Morgan fingerprint density at radius 3 is 2.86 bits per heavy atom. The Hall–Kier alpha value is -2.52. The van der Waals surface area contributed by atoms with Crippen LogP contribution in [-0.2, 0) is 11.8 Å². The molecule has 0 spiro atoms. The molecule has 0 amide bonds. The van der Waals surface area contributed by atoms with Crippen LogP contribution in [0.25, 0.3) is 17.1 Å². The summed E-state index contributed by atoms with van der Waals surface area (Å²) in [6, 6.07) is 0.0770. The first-order valence-electron chi connectivity index (χ1n) is 9.90. The summed E-state index contributed by atoms with van der Waals surface area (Å²) in [7, 11) is 1.90. The van der Waals surface area contributed by atoms with Gasteiger partial charge in [0.2, 0.25) is 0 Å². The summed E-state index contributed by atoms with van der Waals surface area (Å²) in [6.07, 6.45) is 9.30. The third kappa shape index (κ3) is 3.59. The quantitative estimate of drug-likeness (QED) is 0.673. The Labute approximate surface area is 164 Å².